The van der Waals surface area contributed by atoms with Gasteiger partial charge in [0.05, 0.1) is 0 Å². The van der Waals surface area contributed by atoms with Crippen molar-refractivity contribution in [1.82, 2.24) is 0 Å². The maximum absolute atomic E-state index is 5.11. The van der Waals surface area contributed by atoms with Gasteiger partial charge in [0.2, 0.25) is 0 Å². The Hall–Kier alpha value is -1.44. The predicted octanol–water partition coefficient (Wildman–Crippen LogP) is 6.57. The molecular weight excluding hydrogens is 395 g/mol. The van der Waals surface area contributed by atoms with Gasteiger partial charge in [-0.1, -0.05) is 0 Å². The quantitative estimate of drug-likeness (QED) is 0.484. The summed E-state index contributed by atoms with van der Waals surface area (Å²) in [5.41, 5.74) is 5.13. The molecule has 0 aliphatic carbocycles. The van der Waals surface area contributed by atoms with Crippen LogP contribution in [0.3, 0.4) is 0 Å². The van der Waals surface area contributed by atoms with Gasteiger partial charge in [-0.15, -0.1) is 0 Å². The molecule has 0 radical (unpaired) electrons. The molecule has 1 aliphatic rings. The third-order valence-corrected chi connectivity index (χ3v) is 10.7. The normalized spacial score (nSPS) is 25.8. The number of azo groups is 1. The van der Waals surface area contributed by atoms with Crippen LogP contribution in [-0.2, 0) is 8.87 Å². The van der Waals surface area contributed by atoms with E-state index in [1.165, 1.54) is 22.3 Å². The number of nitrogens with zero attached hydrogens (tertiary/aromatic N) is 2. The number of hydrogen-bond donors (Lipinski definition) is 0. The van der Waals surface area contributed by atoms with Crippen molar-refractivity contribution in [2.45, 2.75) is 64.3 Å². The summed E-state index contributed by atoms with van der Waals surface area (Å²) in [7, 11) is 0. The molecule has 2 nitrogen and oxygen atoms in total. The van der Waals surface area contributed by atoms with Gasteiger partial charge in [-0.05, 0) is 0 Å². The predicted molar refractivity (Wildman–Crippen MR) is 115 cm³/mol. The van der Waals surface area contributed by atoms with Gasteiger partial charge in [0.1, 0.15) is 0 Å². The molecule has 0 unspecified atom stereocenters. The van der Waals surface area contributed by atoms with E-state index in [1.807, 2.05) is 0 Å². The van der Waals surface area contributed by atoms with Crippen LogP contribution in [0.5, 0.6) is 0 Å². The Labute approximate surface area is 171 Å². The van der Waals surface area contributed by atoms with Gasteiger partial charge in [0.15, 0.2) is 0 Å². The Morgan fingerprint density at radius 3 is 1.15 bits per heavy atom. The van der Waals surface area contributed by atoms with Crippen LogP contribution in [0.2, 0.25) is 0 Å². The van der Waals surface area contributed by atoms with Crippen LogP contribution < -0.4 is 0 Å². The molecule has 0 fully saturated rings. The van der Waals surface area contributed by atoms with Crippen molar-refractivity contribution >= 4 is 15.0 Å². The number of aryl methyl sites for hydroxylation is 2. The van der Waals surface area contributed by atoms with Crippen LogP contribution in [-0.4, -0.2) is 15.0 Å². The topological polar surface area (TPSA) is 24.7 Å². The van der Waals surface area contributed by atoms with Crippen molar-refractivity contribution in [3.8, 4) is 0 Å². The fourth-order valence-electron chi connectivity index (χ4n) is 3.66. The first-order chi connectivity index (χ1) is 12.4. The number of rotatable bonds is 2. The molecule has 2 atom stereocenters. The molecular formula is C24H32N2Se. The minimum atomic E-state index is -0.272. The van der Waals surface area contributed by atoms with E-state index >= 15 is 0 Å². The van der Waals surface area contributed by atoms with E-state index in [-0.39, 0.29) is 34.7 Å². The number of benzene rings is 2. The summed E-state index contributed by atoms with van der Waals surface area (Å²) in [6.45, 7) is 18.1. The average molecular weight is 427 g/mol. The molecule has 144 valence electrons. The van der Waals surface area contributed by atoms with Crippen molar-refractivity contribution < 1.29 is 0 Å². The van der Waals surface area contributed by atoms with Gasteiger partial charge in [-0.3, -0.25) is 0 Å². The Bertz CT molecular complexity index is 766. The zero-order valence-electron chi connectivity index (χ0n) is 17.9. The Balaban J connectivity index is 2.20. The molecule has 0 N–H and O–H groups in total. The van der Waals surface area contributed by atoms with E-state index in [4.69, 9.17) is 10.2 Å². The van der Waals surface area contributed by atoms with E-state index in [9.17, 15) is 0 Å². The molecule has 27 heavy (non-hydrogen) atoms. The molecule has 3 heteroatoms. The van der Waals surface area contributed by atoms with Gasteiger partial charge in [-0.2, -0.15) is 0 Å². The molecule has 0 saturated heterocycles. The fourth-order valence-corrected chi connectivity index (χ4v) is 7.25. The zero-order chi connectivity index (χ0) is 20.1. The zero-order valence-corrected chi connectivity index (χ0v) is 19.6. The summed E-state index contributed by atoms with van der Waals surface area (Å²) in [5.74, 6) is 0. The second-order valence-electron chi connectivity index (χ2n) is 9.82. The van der Waals surface area contributed by atoms with Gasteiger partial charge >= 0.3 is 171 Å². The molecule has 0 aromatic heterocycles. The molecule has 0 saturated carbocycles. The van der Waals surface area contributed by atoms with Crippen molar-refractivity contribution in [2.24, 2.45) is 21.1 Å². The van der Waals surface area contributed by atoms with E-state index in [2.05, 4.69) is 104 Å². The summed E-state index contributed by atoms with van der Waals surface area (Å²) in [5, 5.41) is 10.2. The first-order valence-corrected chi connectivity index (χ1v) is 11.4. The summed E-state index contributed by atoms with van der Waals surface area (Å²) in [4.78, 5) is 0. The van der Waals surface area contributed by atoms with Gasteiger partial charge in [0.25, 0.3) is 0 Å². The van der Waals surface area contributed by atoms with Crippen molar-refractivity contribution in [3.63, 3.8) is 0 Å². The van der Waals surface area contributed by atoms with E-state index in [0.29, 0.717) is 0 Å². The molecule has 0 amide bonds. The number of hydrogen-bond acceptors (Lipinski definition) is 2. The SMILES string of the molecule is Cc1ccc([C@]2(C(C)(C)C)N=N[C@](c3ccc(C)cc3)(C(C)(C)C)[Se]2)cc1. The minimum absolute atomic E-state index is 0.0105. The Kier molecular flexibility index (Phi) is 4.94. The van der Waals surface area contributed by atoms with Gasteiger partial charge in [0, 0.05) is 0 Å². The third-order valence-electron chi connectivity index (χ3n) is 5.55. The van der Waals surface area contributed by atoms with Gasteiger partial charge < -0.3 is 0 Å². The molecule has 1 heterocycles. The Morgan fingerprint density at radius 2 is 0.889 bits per heavy atom. The van der Waals surface area contributed by atoms with Crippen LogP contribution in [0.15, 0.2) is 58.8 Å². The third kappa shape index (κ3) is 3.30. The standard InChI is InChI=1S/C24H32N2Se/c1-17-9-13-19(14-10-17)23(21(3,4)5)25-26-24(27-23,22(6,7)8)20-15-11-18(2)12-16-20/h9-16H,1-8H3/t23-,24-/m0/s1. The summed E-state index contributed by atoms with van der Waals surface area (Å²) in [6.07, 6.45) is 0. The van der Waals surface area contributed by atoms with Crippen LogP contribution in [0, 0.1) is 24.7 Å². The molecule has 2 aromatic rings. The molecule has 2 aromatic carbocycles. The summed E-state index contributed by atoms with van der Waals surface area (Å²) >= 11 is 0.126. The van der Waals surface area contributed by atoms with E-state index in [0.717, 1.165) is 0 Å². The molecule has 0 spiro atoms. The molecule has 3 rings (SSSR count). The van der Waals surface area contributed by atoms with Crippen LogP contribution in [0.4, 0.5) is 0 Å². The maximum atomic E-state index is 5.11. The first kappa shape index (κ1) is 20.3. The average Bonchev–Trinajstić information content (AvgIpc) is 2.99. The first-order valence-electron chi connectivity index (χ1n) is 9.70. The second kappa shape index (κ2) is 6.57. The Morgan fingerprint density at radius 1 is 0.593 bits per heavy atom. The van der Waals surface area contributed by atoms with Crippen molar-refractivity contribution in [3.05, 3.63) is 70.8 Å². The van der Waals surface area contributed by atoms with Crippen LogP contribution in [0.1, 0.15) is 63.8 Å². The summed E-state index contributed by atoms with van der Waals surface area (Å²) < 4.78 is -0.544. The van der Waals surface area contributed by atoms with Crippen LogP contribution in [0.25, 0.3) is 0 Å². The van der Waals surface area contributed by atoms with E-state index in [1.54, 1.807) is 0 Å². The van der Waals surface area contributed by atoms with Crippen molar-refractivity contribution in [1.29, 1.82) is 0 Å². The van der Waals surface area contributed by atoms with Gasteiger partial charge in [-0.25, -0.2) is 0 Å². The fraction of sp³-hybridized carbons (Fsp3) is 0.500. The van der Waals surface area contributed by atoms with Crippen molar-refractivity contribution in [2.75, 3.05) is 0 Å². The van der Waals surface area contributed by atoms with Crippen LogP contribution >= 0.6 is 0 Å². The molecule has 1 aliphatic heterocycles. The monoisotopic (exact) mass is 428 g/mol. The second-order valence-corrected chi connectivity index (χ2v) is 12.7. The molecule has 0 bridgehead atoms. The summed E-state index contributed by atoms with van der Waals surface area (Å²) in [6, 6.07) is 17.9. The van der Waals surface area contributed by atoms with E-state index < -0.39 is 0 Å².